The first-order valence-electron chi connectivity index (χ1n) is 11.7. The number of fused-ring (bicyclic) bond motifs is 5. The van der Waals surface area contributed by atoms with Crippen LogP contribution in [0.2, 0.25) is 0 Å². The summed E-state index contributed by atoms with van der Waals surface area (Å²) in [7, 11) is 1.69. The minimum Gasteiger partial charge on any atom is -0.383 e. The van der Waals surface area contributed by atoms with E-state index >= 15 is 0 Å². The molecule has 0 saturated carbocycles. The second-order valence-corrected chi connectivity index (χ2v) is 9.27. The molecule has 0 N–H and O–H groups in total. The van der Waals surface area contributed by atoms with Crippen LogP contribution in [0.3, 0.4) is 0 Å². The summed E-state index contributed by atoms with van der Waals surface area (Å²) in [5.41, 5.74) is 2.17. The summed E-state index contributed by atoms with van der Waals surface area (Å²) in [6.45, 7) is 2.93. The number of carbonyl (C=O) groups is 1. The Labute approximate surface area is 196 Å². The molecule has 1 amide bonds. The van der Waals surface area contributed by atoms with E-state index in [1.807, 2.05) is 17.0 Å². The van der Waals surface area contributed by atoms with Gasteiger partial charge in [-0.25, -0.2) is 0 Å². The van der Waals surface area contributed by atoms with Gasteiger partial charge in [0.15, 0.2) is 0 Å². The van der Waals surface area contributed by atoms with Crippen molar-refractivity contribution in [3.63, 3.8) is 0 Å². The number of aryl methyl sites for hydroxylation is 1. The first-order chi connectivity index (χ1) is 16.5. The summed E-state index contributed by atoms with van der Waals surface area (Å²) >= 11 is 0. The molecule has 1 fully saturated rings. The molecule has 0 spiro atoms. The van der Waals surface area contributed by atoms with Gasteiger partial charge in [0.2, 0.25) is 5.91 Å². The van der Waals surface area contributed by atoms with Crippen LogP contribution in [0.15, 0.2) is 47.4 Å². The molecule has 4 heterocycles. The number of benzene rings is 1. The fraction of sp³-hybridized carbons (Fsp3) is 0.440. The molecule has 0 radical (unpaired) electrons. The lowest BCUT2D eigenvalue weighted by Crippen LogP contribution is -2.49. The van der Waals surface area contributed by atoms with Gasteiger partial charge in [-0.2, -0.15) is 0 Å². The number of amides is 1. The molecule has 9 nitrogen and oxygen atoms in total. The SMILES string of the molecule is COCCn1cc(CCC(=O)N2CC3CC(C2)c2ccc([N+](=O)[O-])c(=O)n2C3)c2ccccc21. The fourth-order valence-corrected chi connectivity index (χ4v) is 5.57. The lowest BCUT2D eigenvalue weighted by molar-refractivity contribution is -0.386. The molecule has 1 saturated heterocycles. The van der Waals surface area contributed by atoms with Crippen LogP contribution < -0.4 is 5.56 Å². The maximum Gasteiger partial charge on any atom is 0.334 e. The number of pyridine rings is 1. The standard InChI is InChI=1S/C25H28N4O5/c1-34-11-10-26-15-18(20-4-2-3-5-22(20)26)6-9-24(30)27-13-17-12-19(16-27)21-7-8-23(29(32)33)25(31)28(21)14-17/h2-5,7-8,15,17,19H,6,9-14,16H2,1H3. The summed E-state index contributed by atoms with van der Waals surface area (Å²) in [6, 6.07) is 11.2. The van der Waals surface area contributed by atoms with Gasteiger partial charge in [-0.3, -0.25) is 19.7 Å². The van der Waals surface area contributed by atoms with Crippen molar-refractivity contribution >= 4 is 22.5 Å². The number of hydrogen-bond acceptors (Lipinski definition) is 5. The van der Waals surface area contributed by atoms with E-state index in [4.69, 9.17) is 4.74 Å². The van der Waals surface area contributed by atoms with Gasteiger partial charge in [-0.05, 0) is 36.5 Å². The number of rotatable bonds is 7. The molecule has 34 heavy (non-hydrogen) atoms. The number of aromatic nitrogens is 2. The predicted molar refractivity (Wildman–Crippen MR) is 127 cm³/mol. The van der Waals surface area contributed by atoms with Gasteiger partial charge < -0.3 is 18.8 Å². The number of hydrogen-bond donors (Lipinski definition) is 0. The molecular formula is C25H28N4O5. The van der Waals surface area contributed by atoms with E-state index in [1.165, 1.54) is 6.07 Å². The van der Waals surface area contributed by atoms with Gasteiger partial charge >= 0.3 is 11.2 Å². The Bertz CT molecular complexity index is 1310. The molecule has 2 aliphatic heterocycles. The molecule has 9 heteroatoms. The highest BCUT2D eigenvalue weighted by molar-refractivity contribution is 5.85. The minimum atomic E-state index is -0.623. The molecule has 1 aromatic carbocycles. The number of para-hydroxylation sites is 1. The van der Waals surface area contributed by atoms with Crippen LogP contribution in [0, 0.1) is 16.0 Å². The van der Waals surface area contributed by atoms with E-state index in [9.17, 15) is 19.7 Å². The molecule has 0 aliphatic carbocycles. The molecule has 3 aromatic rings. The van der Waals surface area contributed by atoms with Gasteiger partial charge in [0.05, 0.1) is 11.5 Å². The second kappa shape index (κ2) is 9.06. The van der Waals surface area contributed by atoms with Crippen molar-refractivity contribution in [2.75, 3.05) is 26.8 Å². The van der Waals surface area contributed by atoms with E-state index < -0.39 is 10.5 Å². The van der Waals surface area contributed by atoms with Gasteiger partial charge in [0, 0.05) is 74.5 Å². The Kier molecular flexibility index (Phi) is 5.95. The first-order valence-corrected chi connectivity index (χ1v) is 11.7. The number of ether oxygens (including phenoxy) is 1. The first kappa shape index (κ1) is 22.3. The van der Waals surface area contributed by atoms with Crippen molar-refractivity contribution in [1.82, 2.24) is 14.0 Å². The zero-order chi connectivity index (χ0) is 23.8. The number of piperidine rings is 1. The number of nitro groups is 1. The minimum absolute atomic E-state index is 0.0286. The molecule has 5 rings (SSSR count). The number of carbonyl (C=O) groups excluding carboxylic acids is 1. The molecule has 2 unspecified atom stereocenters. The van der Waals surface area contributed by atoms with Crippen LogP contribution in [0.1, 0.15) is 30.0 Å². The summed E-state index contributed by atoms with van der Waals surface area (Å²) in [4.78, 5) is 38.2. The van der Waals surface area contributed by atoms with Crippen molar-refractivity contribution in [2.24, 2.45) is 5.92 Å². The predicted octanol–water partition coefficient (Wildman–Crippen LogP) is 2.94. The Morgan fingerprint density at radius 1 is 1.18 bits per heavy atom. The van der Waals surface area contributed by atoms with E-state index in [0.717, 1.165) is 35.1 Å². The lowest BCUT2D eigenvalue weighted by atomic mass is 9.83. The van der Waals surface area contributed by atoms with Gasteiger partial charge in [0.25, 0.3) is 0 Å². The highest BCUT2D eigenvalue weighted by Crippen LogP contribution is 2.36. The number of likely N-dealkylation sites (tertiary alicyclic amines) is 1. The van der Waals surface area contributed by atoms with Crippen LogP contribution in [0.25, 0.3) is 10.9 Å². The smallest absolute Gasteiger partial charge is 0.334 e. The number of methoxy groups -OCH3 is 1. The summed E-state index contributed by atoms with van der Waals surface area (Å²) in [5.74, 6) is 0.271. The van der Waals surface area contributed by atoms with Crippen LogP contribution >= 0.6 is 0 Å². The third-order valence-corrected chi connectivity index (χ3v) is 7.15. The normalized spacial score (nSPS) is 19.3. The molecule has 2 bridgehead atoms. The summed E-state index contributed by atoms with van der Waals surface area (Å²) < 4.78 is 8.96. The van der Waals surface area contributed by atoms with Crippen molar-refractivity contribution in [3.05, 3.63) is 74.3 Å². The topological polar surface area (TPSA) is 99.6 Å². The molecular weight excluding hydrogens is 436 g/mol. The maximum absolute atomic E-state index is 13.2. The zero-order valence-electron chi connectivity index (χ0n) is 19.2. The van der Waals surface area contributed by atoms with Crippen LogP contribution in [-0.4, -0.2) is 51.7 Å². The second-order valence-electron chi connectivity index (χ2n) is 9.27. The average molecular weight is 465 g/mol. The van der Waals surface area contributed by atoms with Gasteiger partial charge in [-0.1, -0.05) is 18.2 Å². The van der Waals surface area contributed by atoms with Crippen LogP contribution in [0.5, 0.6) is 0 Å². The molecule has 2 aliphatic rings. The van der Waals surface area contributed by atoms with E-state index in [-0.39, 0.29) is 23.4 Å². The Balaban J connectivity index is 1.30. The van der Waals surface area contributed by atoms with Crippen molar-refractivity contribution in [3.8, 4) is 0 Å². The zero-order valence-corrected chi connectivity index (χ0v) is 19.2. The van der Waals surface area contributed by atoms with Crippen molar-refractivity contribution in [1.29, 1.82) is 0 Å². The Morgan fingerprint density at radius 2 is 2.00 bits per heavy atom. The summed E-state index contributed by atoms with van der Waals surface area (Å²) in [5, 5.41) is 12.3. The van der Waals surface area contributed by atoms with E-state index in [0.29, 0.717) is 39.1 Å². The van der Waals surface area contributed by atoms with E-state index in [1.54, 1.807) is 17.7 Å². The van der Waals surface area contributed by atoms with Gasteiger partial charge in [-0.15, -0.1) is 0 Å². The van der Waals surface area contributed by atoms with Crippen LogP contribution in [0.4, 0.5) is 5.69 Å². The Morgan fingerprint density at radius 3 is 2.79 bits per heavy atom. The van der Waals surface area contributed by atoms with Gasteiger partial charge in [0.1, 0.15) is 0 Å². The lowest BCUT2D eigenvalue weighted by Gasteiger charge is -2.42. The number of nitrogens with zero attached hydrogens (tertiary/aromatic N) is 4. The van der Waals surface area contributed by atoms with E-state index in [2.05, 4.69) is 22.9 Å². The van der Waals surface area contributed by atoms with Crippen molar-refractivity contribution < 1.29 is 14.5 Å². The summed E-state index contributed by atoms with van der Waals surface area (Å²) in [6.07, 6.45) is 4.10. The Hall–Kier alpha value is -3.46. The average Bonchev–Trinajstić information content (AvgIpc) is 3.19. The fourth-order valence-electron chi connectivity index (χ4n) is 5.57. The van der Waals surface area contributed by atoms with Crippen LogP contribution in [-0.2, 0) is 29.0 Å². The maximum atomic E-state index is 13.2. The highest BCUT2D eigenvalue weighted by atomic mass is 16.6. The third-order valence-electron chi connectivity index (χ3n) is 7.15. The largest absolute Gasteiger partial charge is 0.383 e. The third kappa shape index (κ3) is 4.00. The monoisotopic (exact) mass is 464 g/mol. The molecule has 2 aromatic heterocycles. The highest BCUT2D eigenvalue weighted by Gasteiger charge is 2.37. The van der Waals surface area contributed by atoms with Crippen molar-refractivity contribution in [2.45, 2.75) is 38.3 Å². The molecule has 2 atom stereocenters. The molecule has 178 valence electrons. The quantitative estimate of drug-likeness (QED) is 0.395.